The number of carbonyl (C=O) groups excluding carboxylic acids is 1. The molecular weight excluding hydrogens is 326 g/mol. The van der Waals surface area contributed by atoms with E-state index in [1.165, 1.54) is 6.42 Å². The highest BCUT2D eigenvalue weighted by Gasteiger charge is 2.40. The van der Waals surface area contributed by atoms with Crippen LogP contribution in [0.4, 0.5) is 0 Å². The molecule has 1 spiro atoms. The van der Waals surface area contributed by atoms with E-state index in [1.807, 2.05) is 24.0 Å². The maximum Gasteiger partial charge on any atom is 0.255 e. The Bertz CT molecular complexity index is 596. The number of amides is 1. The normalized spacial score (nSPS) is 23.0. The minimum absolute atomic E-state index is 0.112. The van der Waals surface area contributed by atoms with Crippen LogP contribution in [-0.4, -0.2) is 66.1 Å². The predicted molar refractivity (Wildman–Crippen MR) is 103 cm³/mol. The molecule has 26 heavy (non-hydrogen) atoms. The van der Waals surface area contributed by atoms with Crippen molar-refractivity contribution in [1.82, 2.24) is 14.8 Å². The minimum atomic E-state index is 0.112. The molecule has 5 heteroatoms. The van der Waals surface area contributed by atoms with Crippen LogP contribution in [0.5, 0.6) is 0 Å². The van der Waals surface area contributed by atoms with Gasteiger partial charge < -0.3 is 14.5 Å². The summed E-state index contributed by atoms with van der Waals surface area (Å²) >= 11 is 0. The summed E-state index contributed by atoms with van der Waals surface area (Å²) in [6.07, 6.45) is 6.49. The van der Waals surface area contributed by atoms with Crippen molar-refractivity contribution >= 4 is 5.91 Å². The number of ether oxygens (including phenoxy) is 1. The van der Waals surface area contributed by atoms with Gasteiger partial charge in [-0.1, -0.05) is 0 Å². The molecule has 5 nitrogen and oxygen atoms in total. The number of hydrogen-bond acceptors (Lipinski definition) is 4. The molecule has 1 aromatic heterocycles. The molecular formula is C21H33N3O2. The molecule has 2 saturated heterocycles. The Balaban J connectivity index is 1.49. The summed E-state index contributed by atoms with van der Waals surface area (Å²) < 4.78 is 6.23. The first-order valence-corrected chi connectivity index (χ1v) is 9.92. The molecule has 3 heterocycles. The number of pyridine rings is 1. The molecule has 0 bridgehead atoms. The Morgan fingerprint density at radius 3 is 2.62 bits per heavy atom. The van der Waals surface area contributed by atoms with Gasteiger partial charge in [0, 0.05) is 37.6 Å². The zero-order valence-corrected chi connectivity index (χ0v) is 16.7. The number of hydrogen-bond donors (Lipinski definition) is 0. The van der Waals surface area contributed by atoms with E-state index in [0.717, 1.165) is 51.2 Å². The smallest absolute Gasteiger partial charge is 0.255 e. The molecule has 0 saturated carbocycles. The van der Waals surface area contributed by atoms with Gasteiger partial charge in [0.2, 0.25) is 0 Å². The van der Waals surface area contributed by atoms with E-state index in [0.29, 0.717) is 17.7 Å². The van der Waals surface area contributed by atoms with E-state index < -0.39 is 0 Å². The number of aromatic nitrogens is 1. The number of rotatable bonds is 4. The first-order chi connectivity index (χ1) is 12.4. The minimum Gasteiger partial charge on any atom is -0.376 e. The zero-order valence-electron chi connectivity index (χ0n) is 16.7. The van der Waals surface area contributed by atoms with E-state index in [-0.39, 0.29) is 11.3 Å². The average Bonchev–Trinajstić information content (AvgIpc) is 2.64. The summed E-state index contributed by atoms with van der Waals surface area (Å²) in [6.45, 7) is 9.89. The van der Waals surface area contributed by atoms with Crippen LogP contribution in [0.3, 0.4) is 0 Å². The van der Waals surface area contributed by atoms with Gasteiger partial charge in [0.15, 0.2) is 0 Å². The summed E-state index contributed by atoms with van der Waals surface area (Å²) in [4.78, 5) is 21.3. The van der Waals surface area contributed by atoms with Crippen LogP contribution in [-0.2, 0) is 4.74 Å². The standard InChI is InChI=1S/C21H33N3O2/c1-16(2)23(4)14-19-7-8-21(15-26-19)9-11-24(12-10-21)20(25)18-6-5-17(3)22-13-18/h5-6,13,16,19H,7-12,14-15H2,1-4H3. The van der Waals surface area contributed by atoms with Crippen molar-refractivity contribution in [3.63, 3.8) is 0 Å². The topological polar surface area (TPSA) is 45.7 Å². The fraction of sp³-hybridized carbons (Fsp3) is 0.714. The Kier molecular flexibility index (Phi) is 5.98. The SMILES string of the molecule is Cc1ccc(C(=O)N2CCC3(CCC(CN(C)C(C)C)OC3)CC2)cn1. The predicted octanol–water partition coefficient (Wildman–Crippen LogP) is 3.13. The number of likely N-dealkylation sites (tertiary alicyclic amines) is 1. The van der Waals surface area contributed by atoms with Crippen molar-refractivity contribution in [2.45, 2.75) is 58.6 Å². The lowest BCUT2D eigenvalue weighted by molar-refractivity contribution is -0.0915. The maximum absolute atomic E-state index is 12.7. The van der Waals surface area contributed by atoms with Crippen molar-refractivity contribution in [2.24, 2.45) is 5.41 Å². The summed E-state index contributed by atoms with van der Waals surface area (Å²) in [5.41, 5.74) is 1.91. The molecule has 2 aliphatic rings. The van der Waals surface area contributed by atoms with Crippen molar-refractivity contribution in [1.29, 1.82) is 0 Å². The second kappa shape index (κ2) is 8.05. The highest BCUT2D eigenvalue weighted by molar-refractivity contribution is 5.94. The summed E-state index contributed by atoms with van der Waals surface area (Å²) in [5.74, 6) is 0.112. The number of piperidine rings is 1. The van der Waals surface area contributed by atoms with Crippen LogP contribution in [0.25, 0.3) is 0 Å². The molecule has 0 radical (unpaired) electrons. The molecule has 1 amide bonds. The van der Waals surface area contributed by atoms with Crippen LogP contribution in [0.1, 0.15) is 55.6 Å². The molecule has 2 aliphatic heterocycles. The van der Waals surface area contributed by atoms with Gasteiger partial charge >= 0.3 is 0 Å². The van der Waals surface area contributed by atoms with Gasteiger partial charge in [-0.05, 0) is 71.0 Å². The first kappa shape index (κ1) is 19.3. The van der Waals surface area contributed by atoms with Crippen LogP contribution < -0.4 is 0 Å². The van der Waals surface area contributed by atoms with E-state index in [2.05, 4.69) is 30.8 Å². The van der Waals surface area contributed by atoms with Crippen molar-refractivity contribution in [3.8, 4) is 0 Å². The molecule has 144 valence electrons. The number of likely N-dealkylation sites (N-methyl/N-ethyl adjacent to an activating group) is 1. The fourth-order valence-corrected chi connectivity index (χ4v) is 3.95. The van der Waals surface area contributed by atoms with Crippen LogP contribution in [0.2, 0.25) is 0 Å². The van der Waals surface area contributed by atoms with Gasteiger partial charge in [-0.3, -0.25) is 9.78 Å². The molecule has 3 rings (SSSR count). The third kappa shape index (κ3) is 4.44. The third-order valence-corrected chi connectivity index (χ3v) is 6.26. The van der Waals surface area contributed by atoms with Gasteiger partial charge in [-0.25, -0.2) is 0 Å². The zero-order chi connectivity index (χ0) is 18.7. The van der Waals surface area contributed by atoms with Crippen molar-refractivity contribution in [2.75, 3.05) is 33.3 Å². The van der Waals surface area contributed by atoms with Gasteiger partial charge in [-0.15, -0.1) is 0 Å². The lowest BCUT2D eigenvalue weighted by Crippen LogP contribution is -2.49. The molecule has 0 N–H and O–H groups in total. The second-order valence-electron chi connectivity index (χ2n) is 8.49. The highest BCUT2D eigenvalue weighted by Crippen LogP contribution is 2.40. The molecule has 0 aliphatic carbocycles. The van der Waals surface area contributed by atoms with Gasteiger partial charge in [0.1, 0.15) is 0 Å². The van der Waals surface area contributed by atoms with E-state index >= 15 is 0 Å². The molecule has 1 atom stereocenters. The summed E-state index contributed by atoms with van der Waals surface area (Å²) in [6, 6.07) is 4.34. The first-order valence-electron chi connectivity index (χ1n) is 9.92. The lowest BCUT2D eigenvalue weighted by atomic mass is 9.73. The summed E-state index contributed by atoms with van der Waals surface area (Å²) in [7, 11) is 2.17. The quantitative estimate of drug-likeness (QED) is 0.829. The van der Waals surface area contributed by atoms with E-state index in [4.69, 9.17) is 4.74 Å². The molecule has 2 fully saturated rings. The Hall–Kier alpha value is -1.46. The fourth-order valence-electron chi connectivity index (χ4n) is 3.95. The summed E-state index contributed by atoms with van der Waals surface area (Å²) in [5, 5.41) is 0. The van der Waals surface area contributed by atoms with E-state index in [1.54, 1.807) is 6.20 Å². The largest absolute Gasteiger partial charge is 0.376 e. The molecule has 0 aromatic carbocycles. The van der Waals surface area contributed by atoms with Crippen LogP contribution in [0, 0.1) is 12.3 Å². The third-order valence-electron chi connectivity index (χ3n) is 6.26. The van der Waals surface area contributed by atoms with Crippen LogP contribution >= 0.6 is 0 Å². The number of carbonyl (C=O) groups is 1. The Labute approximate surface area is 157 Å². The highest BCUT2D eigenvalue weighted by atomic mass is 16.5. The molecule has 1 unspecified atom stereocenters. The lowest BCUT2D eigenvalue weighted by Gasteiger charge is -2.46. The number of nitrogens with zero attached hydrogens (tertiary/aromatic N) is 3. The van der Waals surface area contributed by atoms with Crippen molar-refractivity contribution < 1.29 is 9.53 Å². The second-order valence-corrected chi connectivity index (χ2v) is 8.49. The number of aryl methyl sites for hydroxylation is 1. The Morgan fingerprint density at radius 1 is 1.35 bits per heavy atom. The monoisotopic (exact) mass is 359 g/mol. The van der Waals surface area contributed by atoms with Gasteiger partial charge in [-0.2, -0.15) is 0 Å². The van der Waals surface area contributed by atoms with Gasteiger partial charge in [0.05, 0.1) is 18.3 Å². The Morgan fingerprint density at radius 2 is 2.08 bits per heavy atom. The average molecular weight is 360 g/mol. The maximum atomic E-state index is 12.7. The van der Waals surface area contributed by atoms with Crippen molar-refractivity contribution in [3.05, 3.63) is 29.6 Å². The van der Waals surface area contributed by atoms with E-state index in [9.17, 15) is 4.79 Å². The van der Waals surface area contributed by atoms with Crippen LogP contribution in [0.15, 0.2) is 18.3 Å². The van der Waals surface area contributed by atoms with Gasteiger partial charge in [0.25, 0.3) is 5.91 Å². The molecule has 1 aromatic rings.